The van der Waals surface area contributed by atoms with Gasteiger partial charge in [0.05, 0.1) is 6.04 Å². The number of rotatable bonds is 5. The fourth-order valence-electron chi connectivity index (χ4n) is 4.89. The topological polar surface area (TPSA) is 62.5 Å². The molecule has 0 saturated carbocycles. The van der Waals surface area contributed by atoms with E-state index >= 15 is 0 Å². The van der Waals surface area contributed by atoms with Gasteiger partial charge in [0.25, 0.3) is 0 Å². The second-order valence-corrected chi connectivity index (χ2v) is 8.04. The zero-order valence-corrected chi connectivity index (χ0v) is 17.1. The average Bonchev–Trinajstić information content (AvgIpc) is 3.46. The van der Waals surface area contributed by atoms with E-state index in [0.717, 1.165) is 49.9 Å². The summed E-state index contributed by atoms with van der Waals surface area (Å²) in [5, 5.41) is 4.24. The first-order valence-electron chi connectivity index (χ1n) is 10.5. The monoisotopic (exact) mass is 382 g/mol. The van der Waals surface area contributed by atoms with E-state index in [4.69, 9.17) is 9.51 Å². The van der Waals surface area contributed by atoms with E-state index < -0.39 is 0 Å². The highest BCUT2D eigenvalue weighted by Gasteiger charge is 2.42. The Labute approximate surface area is 166 Å². The molecule has 0 aliphatic carbocycles. The van der Waals surface area contributed by atoms with Gasteiger partial charge in [-0.1, -0.05) is 36.3 Å². The highest BCUT2D eigenvalue weighted by Crippen LogP contribution is 2.36. The molecule has 1 amide bonds. The van der Waals surface area contributed by atoms with E-state index in [1.54, 1.807) is 0 Å². The van der Waals surface area contributed by atoms with Gasteiger partial charge < -0.3 is 9.42 Å². The number of nitrogens with zero attached hydrogens (tertiary/aromatic N) is 4. The maximum absolute atomic E-state index is 12.4. The lowest BCUT2D eigenvalue weighted by molar-refractivity contribution is -0.132. The standard InChI is InChI=1S/C22H30N4O2/c1-4-20(27)26-14-8-12-19(26)18-11-7-13-25(18)16(3)22-23-21(24-28-22)17-10-6-5-9-15(17)2/h5-6,9-10,16,18-19H,4,7-8,11-14H2,1-3H3/t16-,18-,19-/m1/s1. The highest BCUT2D eigenvalue weighted by molar-refractivity contribution is 5.76. The maximum Gasteiger partial charge on any atom is 0.244 e. The highest BCUT2D eigenvalue weighted by atomic mass is 16.5. The second kappa shape index (κ2) is 8.03. The van der Waals surface area contributed by atoms with Gasteiger partial charge in [0.2, 0.25) is 17.6 Å². The van der Waals surface area contributed by atoms with Gasteiger partial charge in [-0.2, -0.15) is 4.98 Å². The number of carbonyl (C=O) groups excluding carboxylic acids is 1. The summed E-state index contributed by atoms with van der Waals surface area (Å²) in [6, 6.07) is 8.85. The normalized spacial score (nSPS) is 24.0. The molecule has 0 bridgehead atoms. The summed E-state index contributed by atoms with van der Waals surface area (Å²) in [4.78, 5) is 21.7. The van der Waals surface area contributed by atoms with Crippen LogP contribution in [0, 0.1) is 6.92 Å². The zero-order valence-electron chi connectivity index (χ0n) is 17.1. The van der Waals surface area contributed by atoms with Gasteiger partial charge in [-0.15, -0.1) is 0 Å². The van der Waals surface area contributed by atoms with E-state index in [-0.39, 0.29) is 11.9 Å². The molecule has 2 fully saturated rings. The van der Waals surface area contributed by atoms with Gasteiger partial charge in [-0.25, -0.2) is 0 Å². The number of benzene rings is 1. The van der Waals surface area contributed by atoms with Crippen molar-refractivity contribution >= 4 is 5.91 Å². The molecule has 3 atom stereocenters. The molecule has 150 valence electrons. The van der Waals surface area contributed by atoms with Crippen LogP contribution in [0.2, 0.25) is 0 Å². The van der Waals surface area contributed by atoms with Crippen LogP contribution in [0.3, 0.4) is 0 Å². The molecule has 2 aromatic rings. The number of hydrogen-bond acceptors (Lipinski definition) is 5. The molecule has 0 radical (unpaired) electrons. The molecule has 4 rings (SSSR count). The van der Waals surface area contributed by atoms with Crippen molar-refractivity contribution in [1.82, 2.24) is 19.9 Å². The molecule has 2 saturated heterocycles. The number of likely N-dealkylation sites (tertiary alicyclic amines) is 2. The van der Waals surface area contributed by atoms with Crippen molar-refractivity contribution in [2.24, 2.45) is 0 Å². The third kappa shape index (κ3) is 3.46. The molecular weight excluding hydrogens is 352 g/mol. The van der Waals surface area contributed by atoms with Crippen LogP contribution in [-0.2, 0) is 4.79 Å². The third-order valence-corrected chi connectivity index (χ3v) is 6.39. The lowest BCUT2D eigenvalue weighted by Crippen LogP contribution is -2.48. The molecule has 6 nitrogen and oxygen atoms in total. The van der Waals surface area contributed by atoms with Crippen molar-refractivity contribution < 1.29 is 9.32 Å². The van der Waals surface area contributed by atoms with Crippen LogP contribution in [0.4, 0.5) is 0 Å². The first kappa shape index (κ1) is 19.1. The van der Waals surface area contributed by atoms with E-state index in [2.05, 4.69) is 34.9 Å². The fourth-order valence-corrected chi connectivity index (χ4v) is 4.89. The predicted octanol–water partition coefficient (Wildman–Crippen LogP) is 3.97. The van der Waals surface area contributed by atoms with Crippen LogP contribution in [0.5, 0.6) is 0 Å². The lowest BCUT2D eigenvalue weighted by Gasteiger charge is -2.36. The molecule has 1 aromatic heterocycles. The Balaban J connectivity index is 1.54. The first-order chi connectivity index (χ1) is 13.6. The van der Waals surface area contributed by atoms with E-state index in [0.29, 0.717) is 30.2 Å². The first-order valence-corrected chi connectivity index (χ1v) is 10.5. The van der Waals surface area contributed by atoms with Crippen molar-refractivity contribution in [1.29, 1.82) is 0 Å². The van der Waals surface area contributed by atoms with E-state index in [9.17, 15) is 4.79 Å². The van der Waals surface area contributed by atoms with Gasteiger partial charge in [0.1, 0.15) is 0 Å². The summed E-state index contributed by atoms with van der Waals surface area (Å²) >= 11 is 0. The van der Waals surface area contributed by atoms with Crippen LogP contribution in [0.15, 0.2) is 28.8 Å². The summed E-state index contributed by atoms with van der Waals surface area (Å²) in [5.41, 5.74) is 2.15. The Hall–Kier alpha value is -2.21. The molecular formula is C22H30N4O2. The lowest BCUT2D eigenvalue weighted by atomic mass is 10.0. The van der Waals surface area contributed by atoms with Gasteiger partial charge in [0, 0.05) is 30.6 Å². The Morgan fingerprint density at radius 1 is 1.21 bits per heavy atom. The van der Waals surface area contributed by atoms with Crippen LogP contribution in [0.25, 0.3) is 11.4 Å². The van der Waals surface area contributed by atoms with Gasteiger partial charge in [-0.3, -0.25) is 9.69 Å². The van der Waals surface area contributed by atoms with Crippen LogP contribution >= 0.6 is 0 Å². The van der Waals surface area contributed by atoms with E-state index in [1.807, 2.05) is 25.1 Å². The summed E-state index contributed by atoms with van der Waals surface area (Å²) in [6.45, 7) is 8.07. The third-order valence-electron chi connectivity index (χ3n) is 6.39. The minimum Gasteiger partial charge on any atom is -0.338 e. The quantitative estimate of drug-likeness (QED) is 0.783. The summed E-state index contributed by atoms with van der Waals surface area (Å²) in [7, 11) is 0. The van der Waals surface area contributed by atoms with Crippen molar-refractivity contribution in [2.75, 3.05) is 13.1 Å². The van der Waals surface area contributed by atoms with Gasteiger partial charge >= 0.3 is 0 Å². The number of aryl methyl sites for hydroxylation is 1. The minimum absolute atomic E-state index is 0.0527. The maximum atomic E-state index is 12.4. The molecule has 2 aliphatic rings. The van der Waals surface area contributed by atoms with Crippen molar-refractivity contribution in [2.45, 2.75) is 71.0 Å². The molecule has 0 spiro atoms. The largest absolute Gasteiger partial charge is 0.338 e. The molecule has 0 N–H and O–H groups in total. The Bertz CT molecular complexity index is 833. The smallest absolute Gasteiger partial charge is 0.244 e. The van der Waals surface area contributed by atoms with Crippen molar-refractivity contribution in [3.05, 3.63) is 35.7 Å². The molecule has 0 unspecified atom stereocenters. The number of hydrogen-bond donors (Lipinski definition) is 0. The summed E-state index contributed by atoms with van der Waals surface area (Å²) in [5.74, 6) is 1.59. The SMILES string of the molecule is CCC(=O)N1CCC[C@@H]1[C@H]1CCCN1[C@H](C)c1nc(-c2ccccc2C)no1. The molecule has 28 heavy (non-hydrogen) atoms. The Morgan fingerprint density at radius 2 is 1.96 bits per heavy atom. The van der Waals surface area contributed by atoms with Crippen LogP contribution in [-0.4, -0.2) is 51.0 Å². The Kier molecular flexibility index (Phi) is 5.49. The molecule has 1 aromatic carbocycles. The van der Waals surface area contributed by atoms with Gasteiger partial charge in [-0.05, 0) is 51.6 Å². The fraction of sp³-hybridized carbons (Fsp3) is 0.591. The number of aromatic nitrogens is 2. The Morgan fingerprint density at radius 3 is 2.75 bits per heavy atom. The average molecular weight is 383 g/mol. The molecule has 2 aliphatic heterocycles. The minimum atomic E-state index is 0.0527. The van der Waals surface area contributed by atoms with Crippen LogP contribution < -0.4 is 0 Å². The van der Waals surface area contributed by atoms with E-state index in [1.165, 1.54) is 0 Å². The van der Waals surface area contributed by atoms with Crippen molar-refractivity contribution in [3.63, 3.8) is 0 Å². The van der Waals surface area contributed by atoms with Crippen molar-refractivity contribution in [3.8, 4) is 11.4 Å². The zero-order chi connectivity index (χ0) is 19.7. The number of carbonyl (C=O) groups is 1. The predicted molar refractivity (Wildman–Crippen MR) is 108 cm³/mol. The molecule has 6 heteroatoms. The summed E-state index contributed by atoms with van der Waals surface area (Å²) in [6.07, 6.45) is 5.06. The van der Waals surface area contributed by atoms with Gasteiger partial charge in [0.15, 0.2) is 0 Å². The number of amides is 1. The molecule has 3 heterocycles. The second-order valence-electron chi connectivity index (χ2n) is 8.04. The van der Waals surface area contributed by atoms with Crippen LogP contribution in [0.1, 0.15) is 63.4 Å². The summed E-state index contributed by atoms with van der Waals surface area (Å²) < 4.78 is 5.67.